The van der Waals surface area contributed by atoms with Crippen molar-refractivity contribution in [1.29, 1.82) is 0 Å². The quantitative estimate of drug-likeness (QED) is 0.335. The van der Waals surface area contributed by atoms with E-state index in [-0.39, 0.29) is 28.5 Å². The van der Waals surface area contributed by atoms with Crippen LogP contribution in [0.5, 0.6) is 0 Å². The molecule has 0 bridgehead atoms. The van der Waals surface area contributed by atoms with Gasteiger partial charge in [-0.05, 0) is 58.5 Å². The highest BCUT2D eigenvalue weighted by molar-refractivity contribution is 6.35. The van der Waals surface area contributed by atoms with Crippen LogP contribution in [0.1, 0.15) is 25.1 Å². The summed E-state index contributed by atoms with van der Waals surface area (Å²) < 4.78 is 16.9. The molecule has 1 amide bonds. The zero-order valence-corrected chi connectivity index (χ0v) is 24.7. The fraction of sp³-hybridized carbons (Fsp3) is 0.400. The third kappa shape index (κ3) is 4.40. The van der Waals surface area contributed by atoms with Crippen molar-refractivity contribution in [2.75, 3.05) is 43.0 Å². The van der Waals surface area contributed by atoms with Gasteiger partial charge in [0.25, 0.3) is 0 Å². The van der Waals surface area contributed by atoms with Gasteiger partial charge >= 0.3 is 0 Å². The van der Waals surface area contributed by atoms with E-state index in [1.165, 1.54) is 6.08 Å². The number of rotatable bonds is 5. The molecule has 214 valence electrons. The standard InChI is InChI=1S/C30H34ClFN8O/c1-7-23(41)39-11-17(4)40(12-16(39)3)29-20-10-21(31)26(24-15(2)8-9-22-25(24)18(5)36-37-22)27(32)28(20)34-30(35-29)38-13-19(14-38)33-6/h7-10,16-17,19,33H,1,11-14H2,2-6H3,(H,36,37)/t16-,17+/m1/s1. The molecule has 11 heteroatoms. The van der Waals surface area contributed by atoms with Gasteiger partial charge in [0, 0.05) is 71.9 Å². The predicted molar refractivity (Wildman–Crippen MR) is 162 cm³/mol. The van der Waals surface area contributed by atoms with Crippen molar-refractivity contribution in [2.24, 2.45) is 0 Å². The number of fused-ring (bicyclic) bond motifs is 2. The van der Waals surface area contributed by atoms with Crippen LogP contribution in [-0.4, -0.2) is 82.3 Å². The molecule has 0 aliphatic carbocycles. The lowest BCUT2D eigenvalue weighted by molar-refractivity contribution is -0.128. The van der Waals surface area contributed by atoms with Crippen molar-refractivity contribution in [3.05, 3.63) is 53.0 Å². The lowest BCUT2D eigenvalue weighted by atomic mass is 9.94. The van der Waals surface area contributed by atoms with E-state index in [9.17, 15) is 4.79 Å². The molecule has 2 aliphatic rings. The minimum absolute atomic E-state index is 0.0754. The first kappa shape index (κ1) is 27.4. The van der Waals surface area contributed by atoms with E-state index in [0.29, 0.717) is 47.4 Å². The van der Waals surface area contributed by atoms with Crippen LogP contribution in [0.2, 0.25) is 5.02 Å². The zero-order chi connectivity index (χ0) is 29.2. The van der Waals surface area contributed by atoms with E-state index in [1.54, 1.807) is 6.07 Å². The number of hydrogen-bond acceptors (Lipinski definition) is 7. The highest BCUT2D eigenvalue weighted by Gasteiger charge is 2.35. The van der Waals surface area contributed by atoms with Crippen molar-refractivity contribution < 1.29 is 9.18 Å². The molecule has 2 saturated heterocycles. The maximum Gasteiger partial charge on any atom is 0.246 e. The Kier molecular flexibility index (Phi) is 6.86. The highest BCUT2D eigenvalue weighted by atomic mass is 35.5. The normalized spacial score (nSPS) is 19.7. The lowest BCUT2D eigenvalue weighted by Crippen LogP contribution is -2.59. The third-order valence-corrected chi connectivity index (χ3v) is 8.80. The summed E-state index contributed by atoms with van der Waals surface area (Å²) in [6.45, 7) is 14.0. The van der Waals surface area contributed by atoms with E-state index in [4.69, 9.17) is 21.6 Å². The molecule has 0 unspecified atom stereocenters. The summed E-state index contributed by atoms with van der Waals surface area (Å²) in [7, 11) is 1.93. The number of hydrogen-bond donors (Lipinski definition) is 2. The van der Waals surface area contributed by atoms with Crippen molar-refractivity contribution in [2.45, 2.75) is 45.8 Å². The Hall–Kier alpha value is -3.76. The molecule has 2 aromatic carbocycles. The van der Waals surface area contributed by atoms with Crippen LogP contribution in [0.25, 0.3) is 32.9 Å². The minimum atomic E-state index is -0.486. The van der Waals surface area contributed by atoms with Crippen LogP contribution in [0.15, 0.2) is 30.9 Å². The number of nitrogens with zero attached hydrogens (tertiary/aromatic N) is 6. The summed E-state index contributed by atoms with van der Waals surface area (Å²) in [6, 6.07) is 5.79. The molecule has 0 spiro atoms. The van der Waals surface area contributed by atoms with Gasteiger partial charge < -0.3 is 20.0 Å². The fourth-order valence-corrected chi connectivity index (χ4v) is 6.41. The molecular weight excluding hydrogens is 543 g/mol. The second kappa shape index (κ2) is 10.3. The molecule has 2 aromatic heterocycles. The van der Waals surface area contributed by atoms with Gasteiger partial charge in [-0.25, -0.2) is 9.37 Å². The number of halogens is 2. The Morgan fingerprint density at radius 1 is 1.15 bits per heavy atom. The topological polar surface area (TPSA) is 93.3 Å². The number of likely N-dealkylation sites (N-methyl/N-ethyl adjacent to an activating group) is 1. The fourth-order valence-electron chi connectivity index (χ4n) is 6.12. The van der Waals surface area contributed by atoms with Crippen molar-refractivity contribution in [3.63, 3.8) is 0 Å². The number of H-pyrrole nitrogens is 1. The van der Waals surface area contributed by atoms with Crippen LogP contribution in [0, 0.1) is 19.7 Å². The summed E-state index contributed by atoms with van der Waals surface area (Å²) in [6.07, 6.45) is 1.35. The zero-order valence-electron chi connectivity index (χ0n) is 23.9. The first-order valence-electron chi connectivity index (χ1n) is 13.9. The van der Waals surface area contributed by atoms with E-state index in [0.717, 1.165) is 35.2 Å². The van der Waals surface area contributed by atoms with Gasteiger partial charge in [-0.3, -0.25) is 9.89 Å². The van der Waals surface area contributed by atoms with Gasteiger partial charge in [0.05, 0.1) is 10.5 Å². The molecule has 0 radical (unpaired) electrons. The molecule has 9 nitrogen and oxygen atoms in total. The molecule has 2 N–H and O–H groups in total. The predicted octanol–water partition coefficient (Wildman–Crippen LogP) is 4.60. The molecule has 2 atom stereocenters. The Balaban J connectivity index is 1.56. The number of benzene rings is 2. The van der Waals surface area contributed by atoms with Crippen LogP contribution in [-0.2, 0) is 4.79 Å². The molecule has 2 fully saturated rings. The van der Waals surface area contributed by atoms with Gasteiger partial charge in [0.1, 0.15) is 11.3 Å². The maximum atomic E-state index is 16.9. The molecular formula is C30H34ClFN8O. The molecule has 4 aromatic rings. The van der Waals surface area contributed by atoms with Crippen LogP contribution in [0.3, 0.4) is 0 Å². The van der Waals surface area contributed by atoms with Crippen LogP contribution in [0.4, 0.5) is 16.2 Å². The first-order chi connectivity index (χ1) is 19.6. The lowest BCUT2D eigenvalue weighted by Gasteiger charge is -2.45. The number of anilines is 2. The first-order valence-corrected chi connectivity index (χ1v) is 14.3. The molecule has 6 rings (SSSR count). The van der Waals surface area contributed by atoms with Gasteiger partial charge in [0.2, 0.25) is 11.9 Å². The second-order valence-corrected chi connectivity index (χ2v) is 11.6. The maximum absolute atomic E-state index is 16.9. The molecule has 41 heavy (non-hydrogen) atoms. The summed E-state index contributed by atoms with van der Waals surface area (Å²) in [5.74, 6) is 0.504. The van der Waals surface area contributed by atoms with Gasteiger partial charge in [0.15, 0.2) is 5.82 Å². The van der Waals surface area contributed by atoms with E-state index in [2.05, 4.69) is 31.9 Å². The number of aryl methyl sites for hydroxylation is 2. The Morgan fingerprint density at radius 2 is 1.90 bits per heavy atom. The summed E-state index contributed by atoms with van der Waals surface area (Å²) in [4.78, 5) is 28.3. The van der Waals surface area contributed by atoms with Crippen molar-refractivity contribution >= 4 is 51.1 Å². The Morgan fingerprint density at radius 3 is 2.61 bits per heavy atom. The number of carbonyl (C=O) groups is 1. The second-order valence-electron chi connectivity index (χ2n) is 11.2. The van der Waals surface area contributed by atoms with E-state index in [1.807, 2.05) is 51.8 Å². The minimum Gasteiger partial charge on any atom is -0.349 e. The largest absolute Gasteiger partial charge is 0.349 e. The van der Waals surface area contributed by atoms with Crippen LogP contribution >= 0.6 is 11.6 Å². The van der Waals surface area contributed by atoms with E-state index < -0.39 is 5.82 Å². The monoisotopic (exact) mass is 576 g/mol. The summed E-state index contributed by atoms with van der Waals surface area (Å²) in [5, 5.41) is 12.3. The molecule has 0 saturated carbocycles. The highest BCUT2D eigenvalue weighted by Crippen LogP contribution is 2.43. The SMILES string of the molecule is C=CC(=O)N1C[C@H](C)N(c2nc(N3CC(NC)C3)nc3c(F)c(-c4c(C)ccc5n[nH]c(C)c45)c(Cl)cc23)C[C@H]1C. The number of aromatic amines is 1. The number of nitrogens with one attached hydrogen (secondary N) is 2. The van der Waals surface area contributed by atoms with Crippen molar-refractivity contribution in [3.8, 4) is 11.1 Å². The average Bonchev–Trinajstić information content (AvgIpc) is 3.30. The average molecular weight is 577 g/mol. The molecule has 4 heterocycles. The summed E-state index contributed by atoms with van der Waals surface area (Å²) >= 11 is 6.95. The van der Waals surface area contributed by atoms with Gasteiger partial charge in [-0.15, -0.1) is 0 Å². The Bertz CT molecular complexity index is 1700. The van der Waals surface area contributed by atoms with Crippen molar-refractivity contribution in [1.82, 2.24) is 30.4 Å². The van der Waals surface area contributed by atoms with E-state index >= 15 is 4.39 Å². The number of carbonyl (C=O) groups excluding carboxylic acids is 1. The smallest absolute Gasteiger partial charge is 0.246 e. The number of amides is 1. The van der Waals surface area contributed by atoms with Gasteiger partial charge in [-0.2, -0.15) is 10.1 Å². The van der Waals surface area contributed by atoms with Crippen LogP contribution < -0.4 is 15.1 Å². The summed E-state index contributed by atoms with van der Waals surface area (Å²) in [5.41, 5.74) is 3.71. The Labute approximate surface area is 243 Å². The molecule has 2 aliphatic heterocycles. The number of aromatic nitrogens is 4. The number of piperazine rings is 1. The third-order valence-electron chi connectivity index (χ3n) is 8.50. The van der Waals surface area contributed by atoms with Gasteiger partial charge in [-0.1, -0.05) is 24.2 Å².